The summed E-state index contributed by atoms with van der Waals surface area (Å²) in [4.78, 5) is 26.8. The minimum absolute atomic E-state index is 0.100. The van der Waals surface area contributed by atoms with Crippen LogP contribution in [0.5, 0.6) is 0 Å². The van der Waals surface area contributed by atoms with E-state index in [-0.39, 0.29) is 35.4 Å². The van der Waals surface area contributed by atoms with Crippen molar-refractivity contribution in [3.63, 3.8) is 0 Å². The van der Waals surface area contributed by atoms with E-state index in [9.17, 15) is 9.59 Å². The first kappa shape index (κ1) is 21.9. The fourth-order valence-corrected chi connectivity index (χ4v) is 4.05. The van der Waals surface area contributed by atoms with Crippen LogP contribution in [0.3, 0.4) is 0 Å². The maximum Gasteiger partial charge on any atom is 0.237 e. The number of piperidine rings is 1. The molecule has 0 bridgehead atoms. The molecule has 0 aliphatic carbocycles. The number of imide groups is 1. The van der Waals surface area contributed by atoms with Crippen molar-refractivity contribution in [1.29, 1.82) is 0 Å². The second-order valence-electron chi connectivity index (χ2n) is 8.36. The van der Waals surface area contributed by atoms with E-state index in [1.54, 1.807) is 6.08 Å². The van der Waals surface area contributed by atoms with Crippen LogP contribution in [0.2, 0.25) is 0 Å². The van der Waals surface area contributed by atoms with Crippen LogP contribution in [0.1, 0.15) is 47.0 Å². The summed E-state index contributed by atoms with van der Waals surface area (Å²) in [5, 5.41) is 3.58. The van der Waals surface area contributed by atoms with Crippen LogP contribution in [0.15, 0.2) is 70.0 Å². The van der Waals surface area contributed by atoms with Gasteiger partial charge in [0.2, 0.25) is 11.8 Å². The quantitative estimate of drug-likeness (QED) is 0.586. The Morgan fingerprint density at radius 2 is 1.45 bits per heavy atom. The molecule has 2 fully saturated rings. The summed E-state index contributed by atoms with van der Waals surface area (Å²) in [7, 11) is 0. The standard InChI is InChI=1S/C25H24N2O2/c1-6-7-8-9-10-11-12-13-14-15-16-20-17-22(28)27(23(20)29)21-18-24(2,3)26-25(4,5)19-21/h16,20-21,26H,1,17-19H2,2-5H3. The third-order valence-electron chi connectivity index (χ3n) is 4.63. The molecule has 0 saturated carbocycles. The van der Waals surface area contributed by atoms with Gasteiger partial charge in [-0.2, -0.15) is 0 Å². The van der Waals surface area contributed by atoms with Gasteiger partial charge < -0.3 is 5.32 Å². The van der Waals surface area contributed by atoms with Crippen molar-refractivity contribution in [2.24, 2.45) is 5.92 Å². The topological polar surface area (TPSA) is 49.4 Å². The summed E-state index contributed by atoms with van der Waals surface area (Å²) in [6.45, 7) is 11.7. The lowest BCUT2D eigenvalue weighted by Crippen LogP contribution is -2.62. The SMILES string of the molecule is C=C=C=C=C=C=C=C=C=C=C=CC1CC(=O)N(C2CC(C)(C)NC(C)(C)C2)C1=O. The Morgan fingerprint density at radius 1 is 0.931 bits per heavy atom. The second kappa shape index (κ2) is 9.22. The van der Waals surface area contributed by atoms with Crippen LogP contribution in [-0.2, 0) is 9.59 Å². The molecule has 29 heavy (non-hydrogen) atoms. The summed E-state index contributed by atoms with van der Waals surface area (Å²) >= 11 is 0. The normalized spacial score (nSPS) is 21.5. The Kier molecular flexibility index (Phi) is 6.98. The molecule has 2 aliphatic rings. The van der Waals surface area contributed by atoms with E-state index in [4.69, 9.17) is 0 Å². The predicted molar refractivity (Wildman–Crippen MR) is 110 cm³/mol. The molecule has 2 aliphatic heterocycles. The molecule has 1 N–H and O–H groups in total. The molecule has 0 radical (unpaired) electrons. The van der Waals surface area contributed by atoms with Gasteiger partial charge >= 0.3 is 0 Å². The monoisotopic (exact) mass is 384 g/mol. The Bertz CT molecular complexity index is 1080. The van der Waals surface area contributed by atoms with Crippen LogP contribution >= 0.6 is 0 Å². The van der Waals surface area contributed by atoms with Crippen LogP contribution in [0, 0.1) is 5.92 Å². The third kappa shape index (κ3) is 6.34. The van der Waals surface area contributed by atoms with Gasteiger partial charge in [0.25, 0.3) is 0 Å². The highest BCUT2D eigenvalue weighted by molar-refractivity contribution is 6.04. The summed E-state index contributed by atoms with van der Waals surface area (Å²) in [6, 6.07) is -0.100. The molecule has 2 rings (SSSR count). The van der Waals surface area contributed by atoms with E-state index in [2.05, 4.69) is 96.9 Å². The zero-order chi connectivity index (χ0) is 21.5. The number of carbonyl (C=O) groups is 2. The molecule has 4 heteroatoms. The first-order chi connectivity index (χ1) is 13.7. The fraction of sp³-hybridized carbons (Fsp3) is 0.440. The first-order valence-electron chi connectivity index (χ1n) is 9.41. The van der Waals surface area contributed by atoms with E-state index in [1.807, 2.05) is 0 Å². The van der Waals surface area contributed by atoms with Gasteiger partial charge in [-0.3, -0.25) is 14.5 Å². The van der Waals surface area contributed by atoms with Crippen LogP contribution in [0.25, 0.3) is 0 Å². The Labute approximate surface area is 172 Å². The molecule has 146 valence electrons. The number of nitrogens with one attached hydrogen (secondary N) is 1. The van der Waals surface area contributed by atoms with E-state index in [0.717, 1.165) is 12.8 Å². The maximum absolute atomic E-state index is 12.8. The lowest BCUT2D eigenvalue weighted by molar-refractivity contribution is -0.143. The maximum atomic E-state index is 12.8. The molecule has 0 aromatic heterocycles. The van der Waals surface area contributed by atoms with Gasteiger partial charge in [-0.1, -0.05) is 11.5 Å². The van der Waals surface area contributed by atoms with E-state index < -0.39 is 5.92 Å². The zero-order valence-corrected chi connectivity index (χ0v) is 17.3. The predicted octanol–water partition coefficient (Wildman–Crippen LogP) is 3.41. The van der Waals surface area contributed by atoms with Crippen molar-refractivity contribution < 1.29 is 9.59 Å². The van der Waals surface area contributed by atoms with E-state index >= 15 is 0 Å². The average Bonchev–Trinajstić information content (AvgIpc) is 2.87. The number of likely N-dealkylation sites (tertiary alicyclic amines) is 1. The van der Waals surface area contributed by atoms with Crippen LogP contribution < -0.4 is 5.32 Å². The molecule has 0 spiro atoms. The number of rotatable bonds is 2. The highest BCUT2D eigenvalue weighted by Gasteiger charge is 2.47. The van der Waals surface area contributed by atoms with Gasteiger partial charge in [-0.25, -0.2) is 0 Å². The number of hydrogen-bond donors (Lipinski definition) is 1. The Morgan fingerprint density at radius 3 is 2.00 bits per heavy atom. The number of hydrogen-bond acceptors (Lipinski definition) is 3. The Balaban J connectivity index is 2.23. The third-order valence-corrected chi connectivity index (χ3v) is 4.63. The first-order valence-corrected chi connectivity index (χ1v) is 9.41. The van der Waals surface area contributed by atoms with Crippen molar-refractivity contribution in [3.05, 3.63) is 70.0 Å². The van der Waals surface area contributed by atoms with Crippen molar-refractivity contribution in [1.82, 2.24) is 10.2 Å². The molecule has 2 saturated heterocycles. The molecule has 0 aromatic carbocycles. The van der Waals surface area contributed by atoms with E-state index in [0.29, 0.717) is 0 Å². The van der Waals surface area contributed by atoms with Gasteiger partial charge in [0.05, 0.1) is 5.92 Å². The van der Waals surface area contributed by atoms with E-state index in [1.165, 1.54) is 4.90 Å². The van der Waals surface area contributed by atoms with Gasteiger partial charge in [0, 0.05) is 23.5 Å². The summed E-state index contributed by atoms with van der Waals surface area (Å²) in [5.41, 5.74) is 25.1. The zero-order valence-electron chi connectivity index (χ0n) is 17.3. The van der Waals surface area contributed by atoms with Crippen molar-refractivity contribution in [2.45, 2.75) is 64.1 Å². The molecular weight excluding hydrogens is 360 g/mol. The Hall–Kier alpha value is -3.36. The molecule has 2 heterocycles. The minimum Gasteiger partial charge on any atom is -0.307 e. The van der Waals surface area contributed by atoms with Crippen molar-refractivity contribution in [3.8, 4) is 0 Å². The summed E-state index contributed by atoms with van der Waals surface area (Å²) in [6.07, 6.45) is 3.19. The van der Waals surface area contributed by atoms with Crippen LogP contribution in [0.4, 0.5) is 0 Å². The van der Waals surface area contributed by atoms with Gasteiger partial charge in [0.15, 0.2) is 0 Å². The van der Waals surface area contributed by atoms with Crippen molar-refractivity contribution in [2.75, 3.05) is 0 Å². The lowest BCUT2D eigenvalue weighted by atomic mass is 9.79. The number of nitrogens with zero attached hydrogens (tertiary/aromatic N) is 1. The summed E-state index contributed by atoms with van der Waals surface area (Å²) in [5.74, 6) is -0.814. The second-order valence-corrected chi connectivity index (χ2v) is 8.36. The van der Waals surface area contributed by atoms with Gasteiger partial charge in [-0.15, -0.1) is 0 Å². The molecule has 1 unspecified atom stereocenters. The largest absolute Gasteiger partial charge is 0.307 e. The lowest BCUT2D eigenvalue weighted by Gasteiger charge is -2.48. The molecule has 4 nitrogen and oxygen atoms in total. The number of carbonyl (C=O) groups excluding carboxylic acids is 2. The molecule has 1 atom stereocenters. The van der Waals surface area contributed by atoms with Crippen molar-refractivity contribution >= 4 is 11.8 Å². The smallest absolute Gasteiger partial charge is 0.237 e. The van der Waals surface area contributed by atoms with Gasteiger partial charge in [-0.05, 0) is 99.0 Å². The minimum atomic E-state index is -0.518. The number of amides is 2. The molecule has 2 amide bonds. The average molecular weight is 384 g/mol. The highest BCUT2D eigenvalue weighted by Crippen LogP contribution is 2.35. The molecular formula is C25H24N2O2. The van der Waals surface area contributed by atoms with Gasteiger partial charge in [0.1, 0.15) is 0 Å². The fourth-order valence-electron chi connectivity index (χ4n) is 4.05. The highest BCUT2D eigenvalue weighted by atomic mass is 16.2. The molecule has 0 aromatic rings. The van der Waals surface area contributed by atoms with Crippen LogP contribution in [-0.4, -0.2) is 33.8 Å². The summed E-state index contributed by atoms with van der Waals surface area (Å²) < 4.78 is 0.